The van der Waals surface area contributed by atoms with Gasteiger partial charge in [-0.3, -0.25) is 4.79 Å². The molecule has 6 heteroatoms. The second-order valence-electron chi connectivity index (χ2n) is 9.85. The molecular formula is C26H33N3O3. The molecule has 2 aliphatic heterocycles. The van der Waals surface area contributed by atoms with Crippen LogP contribution in [0, 0.1) is 12.3 Å². The Morgan fingerprint density at radius 1 is 1.09 bits per heavy atom. The van der Waals surface area contributed by atoms with Crippen LogP contribution in [0.15, 0.2) is 42.5 Å². The lowest BCUT2D eigenvalue weighted by Gasteiger charge is -2.34. The number of amides is 3. The van der Waals surface area contributed by atoms with Gasteiger partial charge in [0.25, 0.3) is 0 Å². The fourth-order valence-electron chi connectivity index (χ4n) is 4.42. The summed E-state index contributed by atoms with van der Waals surface area (Å²) in [4.78, 5) is 29.8. The molecule has 0 aromatic heterocycles. The van der Waals surface area contributed by atoms with E-state index in [2.05, 4.69) is 36.5 Å². The van der Waals surface area contributed by atoms with Crippen LogP contribution in [-0.4, -0.2) is 42.6 Å². The molecule has 0 radical (unpaired) electrons. The maximum Gasteiger partial charge on any atom is 0.322 e. The zero-order chi connectivity index (χ0) is 22.9. The summed E-state index contributed by atoms with van der Waals surface area (Å²) in [6, 6.07) is 14.2. The van der Waals surface area contributed by atoms with Crippen molar-refractivity contribution in [1.82, 2.24) is 4.90 Å². The number of urea groups is 1. The third-order valence-corrected chi connectivity index (χ3v) is 6.19. The zero-order valence-corrected chi connectivity index (χ0v) is 19.5. The Morgan fingerprint density at radius 3 is 2.56 bits per heavy atom. The summed E-state index contributed by atoms with van der Waals surface area (Å²) in [5.74, 6) is 0.716. The number of benzene rings is 2. The van der Waals surface area contributed by atoms with Crippen molar-refractivity contribution in [2.45, 2.75) is 53.0 Å². The van der Waals surface area contributed by atoms with Crippen LogP contribution in [0.25, 0.3) is 0 Å². The van der Waals surface area contributed by atoms with Gasteiger partial charge in [0, 0.05) is 23.7 Å². The van der Waals surface area contributed by atoms with E-state index in [1.165, 1.54) is 11.1 Å². The van der Waals surface area contributed by atoms with Gasteiger partial charge in [0.2, 0.25) is 5.91 Å². The molecule has 2 aliphatic rings. The van der Waals surface area contributed by atoms with Crippen LogP contribution >= 0.6 is 0 Å². The van der Waals surface area contributed by atoms with Gasteiger partial charge in [-0.15, -0.1) is 0 Å². The van der Waals surface area contributed by atoms with E-state index in [9.17, 15) is 9.59 Å². The van der Waals surface area contributed by atoms with E-state index in [1.807, 2.05) is 43.9 Å². The Morgan fingerprint density at radius 2 is 1.84 bits per heavy atom. The number of rotatable bonds is 3. The number of carbonyl (C=O) groups is 2. The molecule has 0 spiro atoms. The number of hydrogen-bond acceptors (Lipinski definition) is 3. The first kappa shape index (κ1) is 22.2. The summed E-state index contributed by atoms with van der Waals surface area (Å²) in [5.41, 5.74) is 3.39. The van der Waals surface area contributed by atoms with Crippen molar-refractivity contribution in [3.8, 4) is 5.75 Å². The number of carbonyl (C=O) groups excluding carboxylic acids is 2. The van der Waals surface area contributed by atoms with Gasteiger partial charge in [-0.1, -0.05) is 50.6 Å². The highest BCUT2D eigenvalue weighted by molar-refractivity contribution is 6.00. The number of nitrogens with zero attached hydrogens (tertiary/aromatic N) is 2. The van der Waals surface area contributed by atoms with Gasteiger partial charge >= 0.3 is 6.03 Å². The Balaban J connectivity index is 1.48. The molecule has 3 amide bonds. The van der Waals surface area contributed by atoms with Gasteiger partial charge in [-0.2, -0.15) is 0 Å². The SMILES string of the molecule is Cc1ccc(CC2CCCN2C(=O)Nc2ccc3c(c2)N(C(=O)C(C)(C)C)CCO3)cc1. The molecular weight excluding hydrogens is 402 g/mol. The summed E-state index contributed by atoms with van der Waals surface area (Å²) in [6.45, 7) is 9.55. The molecule has 0 bridgehead atoms. The number of hydrogen-bond donors (Lipinski definition) is 1. The maximum atomic E-state index is 13.1. The lowest BCUT2D eigenvalue weighted by Crippen LogP contribution is -2.44. The minimum atomic E-state index is -0.493. The monoisotopic (exact) mass is 435 g/mol. The maximum absolute atomic E-state index is 13.1. The van der Waals surface area contributed by atoms with E-state index in [0.717, 1.165) is 25.8 Å². The summed E-state index contributed by atoms with van der Waals surface area (Å²) < 4.78 is 5.75. The Labute approximate surface area is 190 Å². The molecule has 0 saturated carbocycles. The summed E-state index contributed by atoms with van der Waals surface area (Å²) in [6.07, 6.45) is 2.88. The summed E-state index contributed by atoms with van der Waals surface area (Å²) in [5, 5.41) is 3.05. The number of nitrogens with one attached hydrogen (secondary N) is 1. The smallest absolute Gasteiger partial charge is 0.322 e. The van der Waals surface area contributed by atoms with Gasteiger partial charge in [0.15, 0.2) is 0 Å². The first-order valence-electron chi connectivity index (χ1n) is 11.4. The van der Waals surface area contributed by atoms with E-state index in [-0.39, 0.29) is 18.0 Å². The number of ether oxygens (including phenoxy) is 1. The fourth-order valence-corrected chi connectivity index (χ4v) is 4.42. The topological polar surface area (TPSA) is 61.9 Å². The Kier molecular flexibility index (Phi) is 6.13. The van der Waals surface area contributed by atoms with Crippen molar-refractivity contribution in [2.24, 2.45) is 5.41 Å². The lowest BCUT2D eigenvalue weighted by atomic mass is 9.94. The molecule has 2 heterocycles. The van der Waals surface area contributed by atoms with Crippen molar-refractivity contribution < 1.29 is 14.3 Å². The summed E-state index contributed by atoms with van der Waals surface area (Å²) >= 11 is 0. The van der Waals surface area contributed by atoms with Crippen molar-refractivity contribution >= 4 is 23.3 Å². The quantitative estimate of drug-likeness (QED) is 0.738. The molecule has 170 valence electrons. The summed E-state index contributed by atoms with van der Waals surface area (Å²) in [7, 11) is 0. The molecule has 1 saturated heterocycles. The standard InChI is InChI=1S/C26H33N3O3/c1-18-7-9-19(10-8-18)16-21-6-5-13-28(21)25(31)27-20-11-12-23-22(17-20)29(14-15-32-23)24(30)26(2,3)4/h7-12,17,21H,5-6,13-16H2,1-4H3,(H,27,31). The molecule has 6 nitrogen and oxygen atoms in total. The first-order chi connectivity index (χ1) is 15.2. The number of anilines is 2. The molecule has 1 unspecified atom stereocenters. The van der Waals surface area contributed by atoms with Gasteiger partial charge in [0.05, 0.1) is 12.2 Å². The highest BCUT2D eigenvalue weighted by Crippen LogP contribution is 2.36. The highest BCUT2D eigenvalue weighted by Gasteiger charge is 2.33. The van der Waals surface area contributed by atoms with E-state index in [4.69, 9.17) is 4.74 Å². The van der Waals surface area contributed by atoms with Gasteiger partial charge in [-0.25, -0.2) is 4.79 Å². The normalized spacial score (nSPS) is 18.2. The average molecular weight is 436 g/mol. The van der Waals surface area contributed by atoms with E-state index in [1.54, 1.807) is 4.90 Å². The van der Waals surface area contributed by atoms with Crippen LogP contribution in [0.3, 0.4) is 0 Å². The largest absolute Gasteiger partial charge is 0.490 e. The Hall–Kier alpha value is -3.02. The molecule has 1 N–H and O–H groups in total. The van der Waals surface area contributed by atoms with E-state index < -0.39 is 5.41 Å². The molecule has 2 aromatic rings. The van der Waals surface area contributed by atoms with Gasteiger partial charge in [-0.05, 0) is 49.9 Å². The predicted octanol–water partition coefficient (Wildman–Crippen LogP) is 5.01. The number of aryl methyl sites for hydroxylation is 1. The molecule has 1 atom stereocenters. The van der Waals surface area contributed by atoms with Crippen molar-refractivity contribution in [3.05, 3.63) is 53.6 Å². The number of likely N-dealkylation sites (tertiary alicyclic amines) is 1. The number of fused-ring (bicyclic) bond motifs is 1. The van der Waals surface area contributed by atoms with Crippen LogP contribution in [0.5, 0.6) is 5.75 Å². The molecule has 0 aliphatic carbocycles. The average Bonchev–Trinajstić information content (AvgIpc) is 3.22. The highest BCUT2D eigenvalue weighted by atomic mass is 16.5. The minimum absolute atomic E-state index is 0.0447. The molecule has 1 fully saturated rings. The Bertz CT molecular complexity index is 994. The predicted molar refractivity (Wildman–Crippen MR) is 127 cm³/mol. The lowest BCUT2D eigenvalue weighted by molar-refractivity contribution is -0.126. The third-order valence-electron chi connectivity index (χ3n) is 6.19. The van der Waals surface area contributed by atoms with E-state index in [0.29, 0.717) is 30.3 Å². The van der Waals surface area contributed by atoms with E-state index >= 15 is 0 Å². The van der Waals surface area contributed by atoms with Crippen LogP contribution in [0.4, 0.5) is 16.2 Å². The molecule has 4 rings (SSSR count). The zero-order valence-electron chi connectivity index (χ0n) is 19.5. The van der Waals surface area contributed by atoms with Crippen LogP contribution in [-0.2, 0) is 11.2 Å². The van der Waals surface area contributed by atoms with Crippen LogP contribution in [0.2, 0.25) is 0 Å². The van der Waals surface area contributed by atoms with Crippen molar-refractivity contribution in [2.75, 3.05) is 29.9 Å². The second-order valence-corrected chi connectivity index (χ2v) is 9.85. The molecule has 32 heavy (non-hydrogen) atoms. The third kappa shape index (κ3) is 4.74. The molecule has 2 aromatic carbocycles. The van der Waals surface area contributed by atoms with Crippen molar-refractivity contribution in [3.63, 3.8) is 0 Å². The van der Waals surface area contributed by atoms with Gasteiger partial charge in [0.1, 0.15) is 12.4 Å². The fraction of sp³-hybridized carbons (Fsp3) is 0.462. The first-order valence-corrected chi connectivity index (χ1v) is 11.4. The minimum Gasteiger partial charge on any atom is -0.490 e. The van der Waals surface area contributed by atoms with Crippen molar-refractivity contribution in [1.29, 1.82) is 0 Å². The second kappa shape index (κ2) is 8.85. The van der Waals surface area contributed by atoms with Gasteiger partial charge < -0.3 is 19.9 Å². The van der Waals surface area contributed by atoms with Crippen LogP contribution < -0.4 is 15.0 Å². The van der Waals surface area contributed by atoms with Crippen LogP contribution in [0.1, 0.15) is 44.7 Å².